The Hall–Kier alpha value is -0.840. The fraction of sp³-hybridized carbons (Fsp3) is 0.667. The van der Waals surface area contributed by atoms with Crippen LogP contribution in [-0.4, -0.2) is 14.8 Å². The van der Waals surface area contributed by atoms with E-state index in [1.54, 1.807) is 4.57 Å². The van der Waals surface area contributed by atoms with Gasteiger partial charge in [0.25, 0.3) is 0 Å². The predicted octanol–water partition coefficient (Wildman–Crippen LogP) is 0.743. The maximum absolute atomic E-state index is 11.1. The molecule has 1 aromatic rings. The number of aromatic nitrogens is 3. The summed E-state index contributed by atoms with van der Waals surface area (Å²) in [6.45, 7) is 2.03. The molecule has 0 atom stereocenters. The summed E-state index contributed by atoms with van der Waals surface area (Å²) < 4.78 is 2.11. The van der Waals surface area contributed by atoms with E-state index in [4.69, 9.17) is 12.2 Å². The van der Waals surface area contributed by atoms with Crippen molar-refractivity contribution in [3.63, 3.8) is 0 Å². The second kappa shape index (κ2) is 1.85. The molecule has 2 rings (SSSR count). The Morgan fingerprint density at radius 1 is 1.55 bits per heavy atom. The van der Waals surface area contributed by atoms with E-state index in [9.17, 15) is 4.79 Å². The Bertz CT molecular complexity index is 354. The molecule has 0 aliphatic heterocycles. The standard InChI is InChI=1S/C6H9N3OS/c1-6(2-3-6)9-4(10)7-8-5(9)11/h2-3H2,1H3,(H,7,10)(H,8,11). The van der Waals surface area contributed by atoms with Crippen molar-refractivity contribution < 1.29 is 0 Å². The molecule has 1 aromatic heterocycles. The minimum atomic E-state index is -0.130. The molecule has 0 radical (unpaired) electrons. The predicted molar refractivity (Wildman–Crippen MR) is 43.1 cm³/mol. The van der Waals surface area contributed by atoms with E-state index in [0.717, 1.165) is 12.8 Å². The molecule has 0 bridgehead atoms. The van der Waals surface area contributed by atoms with Gasteiger partial charge in [-0.25, -0.2) is 9.89 Å². The summed E-state index contributed by atoms with van der Waals surface area (Å²) in [7, 11) is 0. The molecule has 1 aliphatic rings. The van der Waals surface area contributed by atoms with Gasteiger partial charge in [0.1, 0.15) is 0 Å². The van der Waals surface area contributed by atoms with Gasteiger partial charge in [-0.2, -0.15) is 0 Å². The average Bonchev–Trinajstić information content (AvgIpc) is 2.56. The zero-order valence-electron chi connectivity index (χ0n) is 6.18. The van der Waals surface area contributed by atoms with Crippen molar-refractivity contribution in [3.05, 3.63) is 15.3 Å². The zero-order chi connectivity index (χ0) is 8.06. The van der Waals surface area contributed by atoms with Crippen molar-refractivity contribution in [3.8, 4) is 0 Å². The number of nitrogens with zero attached hydrogens (tertiary/aromatic N) is 1. The highest BCUT2D eigenvalue weighted by atomic mass is 32.1. The average molecular weight is 171 g/mol. The Labute approximate surface area is 68.2 Å². The summed E-state index contributed by atoms with van der Waals surface area (Å²) in [4.78, 5) is 11.1. The van der Waals surface area contributed by atoms with Crippen LogP contribution in [0.25, 0.3) is 0 Å². The van der Waals surface area contributed by atoms with E-state index in [2.05, 4.69) is 10.2 Å². The first-order valence-corrected chi connectivity index (χ1v) is 3.94. The largest absolute Gasteiger partial charge is 0.342 e. The fourth-order valence-electron chi connectivity index (χ4n) is 1.21. The third-order valence-corrected chi connectivity index (χ3v) is 2.48. The van der Waals surface area contributed by atoms with E-state index in [1.807, 2.05) is 6.92 Å². The topological polar surface area (TPSA) is 53.6 Å². The van der Waals surface area contributed by atoms with Crippen LogP contribution >= 0.6 is 12.2 Å². The lowest BCUT2D eigenvalue weighted by Gasteiger charge is -2.05. The van der Waals surface area contributed by atoms with Gasteiger partial charge in [-0.15, -0.1) is 0 Å². The second-order valence-electron chi connectivity index (χ2n) is 3.19. The summed E-state index contributed by atoms with van der Waals surface area (Å²) >= 11 is 4.94. The van der Waals surface area contributed by atoms with Gasteiger partial charge in [-0.3, -0.25) is 9.67 Å². The third kappa shape index (κ3) is 0.875. The SMILES string of the molecule is CC1(n2c(=O)[nH][nH]c2=S)CC1. The molecule has 60 valence electrons. The Morgan fingerprint density at radius 3 is 2.55 bits per heavy atom. The van der Waals surface area contributed by atoms with Crippen LogP contribution in [0.3, 0.4) is 0 Å². The van der Waals surface area contributed by atoms with Gasteiger partial charge in [0.15, 0.2) is 4.77 Å². The molecule has 1 saturated carbocycles. The van der Waals surface area contributed by atoms with Gasteiger partial charge in [0.2, 0.25) is 0 Å². The maximum atomic E-state index is 11.1. The molecule has 1 aliphatic carbocycles. The Morgan fingerprint density at radius 2 is 2.18 bits per heavy atom. The highest BCUT2D eigenvalue weighted by Crippen LogP contribution is 2.41. The smallest absolute Gasteiger partial charge is 0.272 e. The molecule has 0 unspecified atom stereocenters. The van der Waals surface area contributed by atoms with E-state index in [1.165, 1.54) is 0 Å². The molecule has 0 spiro atoms. The van der Waals surface area contributed by atoms with Gasteiger partial charge in [-0.1, -0.05) is 0 Å². The highest BCUT2D eigenvalue weighted by Gasteiger charge is 2.41. The molecule has 0 aromatic carbocycles. The normalized spacial score (nSPS) is 20.1. The minimum absolute atomic E-state index is 0.00926. The van der Waals surface area contributed by atoms with Crippen LogP contribution in [0.5, 0.6) is 0 Å². The summed E-state index contributed by atoms with van der Waals surface area (Å²) in [5, 5.41) is 5.09. The number of nitrogens with one attached hydrogen (secondary N) is 2. The van der Waals surface area contributed by atoms with E-state index < -0.39 is 0 Å². The highest BCUT2D eigenvalue weighted by molar-refractivity contribution is 7.71. The molecule has 0 saturated heterocycles. The molecular weight excluding hydrogens is 162 g/mol. The molecule has 2 N–H and O–H groups in total. The second-order valence-corrected chi connectivity index (χ2v) is 3.58. The minimum Gasteiger partial charge on any atom is -0.272 e. The van der Waals surface area contributed by atoms with Gasteiger partial charge in [0.05, 0.1) is 0 Å². The monoisotopic (exact) mass is 171 g/mol. The number of hydrogen-bond donors (Lipinski definition) is 2. The first kappa shape index (κ1) is 6.84. The molecule has 1 heterocycles. The summed E-state index contributed by atoms with van der Waals surface area (Å²) in [5.41, 5.74) is -0.139. The number of H-pyrrole nitrogens is 2. The van der Waals surface area contributed by atoms with Crippen LogP contribution in [-0.2, 0) is 5.54 Å². The lowest BCUT2D eigenvalue weighted by Crippen LogP contribution is -2.25. The Balaban J connectivity index is 2.68. The van der Waals surface area contributed by atoms with Crippen LogP contribution in [0, 0.1) is 4.77 Å². The Kier molecular flexibility index (Phi) is 1.15. The first-order valence-electron chi connectivity index (χ1n) is 3.54. The lowest BCUT2D eigenvalue weighted by atomic mass is 10.3. The summed E-state index contributed by atoms with van der Waals surface area (Å²) in [6.07, 6.45) is 2.09. The number of hydrogen-bond acceptors (Lipinski definition) is 2. The summed E-state index contributed by atoms with van der Waals surface area (Å²) in [6, 6.07) is 0. The van der Waals surface area contributed by atoms with Crippen LogP contribution < -0.4 is 5.69 Å². The van der Waals surface area contributed by atoms with Crippen molar-refractivity contribution in [2.45, 2.75) is 25.3 Å². The first-order chi connectivity index (χ1) is 5.13. The number of rotatable bonds is 1. The lowest BCUT2D eigenvalue weighted by molar-refractivity contribution is 0.508. The number of aromatic amines is 2. The van der Waals surface area contributed by atoms with Crippen LogP contribution in [0.1, 0.15) is 19.8 Å². The van der Waals surface area contributed by atoms with Gasteiger partial charge in [-0.05, 0) is 32.0 Å². The van der Waals surface area contributed by atoms with Crippen LogP contribution in [0.2, 0.25) is 0 Å². The van der Waals surface area contributed by atoms with E-state index >= 15 is 0 Å². The molecule has 1 fully saturated rings. The fourth-order valence-corrected chi connectivity index (χ4v) is 1.56. The van der Waals surface area contributed by atoms with Crippen molar-refractivity contribution in [1.29, 1.82) is 0 Å². The van der Waals surface area contributed by atoms with Gasteiger partial charge in [0, 0.05) is 5.54 Å². The zero-order valence-corrected chi connectivity index (χ0v) is 6.99. The quantitative estimate of drug-likeness (QED) is 0.612. The molecule has 11 heavy (non-hydrogen) atoms. The molecule has 5 heteroatoms. The van der Waals surface area contributed by atoms with Crippen molar-refractivity contribution in [1.82, 2.24) is 14.8 Å². The van der Waals surface area contributed by atoms with Gasteiger partial charge >= 0.3 is 5.69 Å². The van der Waals surface area contributed by atoms with Crippen molar-refractivity contribution in [2.75, 3.05) is 0 Å². The molecule has 4 nitrogen and oxygen atoms in total. The third-order valence-electron chi connectivity index (χ3n) is 2.20. The van der Waals surface area contributed by atoms with Gasteiger partial charge < -0.3 is 0 Å². The maximum Gasteiger partial charge on any atom is 0.342 e. The van der Waals surface area contributed by atoms with Crippen molar-refractivity contribution in [2.24, 2.45) is 0 Å². The summed E-state index contributed by atoms with van der Waals surface area (Å²) in [5.74, 6) is 0. The van der Waals surface area contributed by atoms with Crippen LogP contribution in [0.4, 0.5) is 0 Å². The molecule has 0 amide bonds. The van der Waals surface area contributed by atoms with E-state index in [-0.39, 0.29) is 11.2 Å². The molecular formula is C6H9N3OS. The van der Waals surface area contributed by atoms with Crippen LogP contribution in [0.15, 0.2) is 4.79 Å². The van der Waals surface area contributed by atoms with E-state index in [0.29, 0.717) is 4.77 Å². The van der Waals surface area contributed by atoms with Crippen molar-refractivity contribution >= 4 is 12.2 Å².